The second-order valence-electron chi connectivity index (χ2n) is 9.76. The summed E-state index contributed by atoms with van der Waals surface area (Å²) in [4.78, 5) is 62.6. The number of aliphatic imine (C=N–C) groups is 3. The standard InChI is InChI=1S/C24H50N14O5/c25-10-2-1-7-15(20(41)38-17(21(42)43)9-5-13-35-24(31)32)37-19(40)16(8-4-12-34-23(29)30)36-18(39)14(26)6-3-11-33-22(27)28/h14-17H,1-13,25-26H2,(H,36,39)(H,37,40)(H,38,41)(H,42,43)(H4,27,28,33)(H4,29,30,34)(H4,31,32,35)/t14-,15-,16-,17-/m0/s1. The van der Waals surface area contributed by atoms with Crippen molar-refractivity contribution in [1.82, 2.24) is 16.0 Å². The number of unbranched alkanes of at least 4 members (excludes halogenated alkanes) is 1. The van der Waals surface area contributed by atoms with Crippen molar-refractivity contribution in [2.24, 2.45) is 60.8 Å². The molecule has 0 bridgehead atoms. The van der Waals surface area contributed by atoms with Crippen LogP contribution in [0, 0.1) is 0 Å². The number of nitrogens with one attached hydrogen (secondary N) is 3. The summed E-state index contributed by atoms with van der Waals surface area (Å²) in [6.07, 6.45) is 2.65. The molecule has 20 N–H and O–H groups in total. The molecule has 0 saturated carbocycles. The molecule has 0 aliphatic rings. The number of hydrogen-bond donors (Lipinski definition) is 12. The number of amides is 3. The van der Waals surface area contributed by atoms with Crippen LogP contribution in [0.1, 0.15) is 57.8 Å². The Morgan fingerprint density at radius 3 is 1.35 bits per heavy atom. The van der Waals surface area contributed by atoms with E-state index in [1.807, 2.05) is 0 Å². The van der Waals surface area contributed by atoms with Crippen LogP contribution in [-0.4, -0.2) is 97.0 Å². The van der Waals surface area contributed by atoms with E-state index in [2.05, 4.69) is 30.9 Å². The van der Waals surface area contributed by atoms with Gasteiger partial charge in [0.2, 0.25) is 17.7 Å². The first-order valence-electron chi connectivity index (χ1n) is 14.0. The molecule has 246 valence electrons. The molecule has 3 amide bonds. The second-order valence-corrected chi connectivity index (χ2v) is 9.76. The zero-order chi connectivity index (χ0) is 32.8. The Morgan fingerprint density at radius 2 is 0.930 bits per heavy atom. The second kappa shape index (κ2) is 22.2. The Kier molecular flexibility index (Phi) is 20.0. The van der Waals surface area contributed by atoms with Gasteiger partial charge in [0.15, 0.2) is 17.9 Å². The lowest BCUT2D eigenvalue weighted by molar-refractivity contribution is -0.142. The lowest BCUT2D eigenvalue weighted by Crippen LogP contribution is -2.57. The highest BCUT2D eigenvalue weighted by molar-refractivity contribution is 5.94. The molecule has 0 rings (SSSR count). The lowest BCUT2D eigenvalue weighted by atomic mass is 10.0. The Balaban J connectivity index is 5.63. The van der Waals surface area contributed by atoms with Crippen molar-refractivity contribution in [2.75, 3.05) is 26.2 Å². The van der Waals surface area contributed by atoms with Gasteiger partial charge in [0.1, 0.15) is 18.1 Å². The predicted molar refractivity (Wildman–Crippen MR) is 164 cm³/mol. The van der Waals surface area contributed by atoms with Crippen molar-refractivity contribution in [3.63, 3.8) is 0 Å². The van der Waals surface area contributed by atoms with Crippen molar-refractivity contribution in [3.05, 3.63) is 0 Å². The van der Waals surface area contributed by atoms with Crippen LogP contribution in [0.2, 0.25) is 0 Å². The highest BCUT2D eigenvalue weighted by Gasteiger charge is 2.30. The van der Waals surface area contributed by atoms with Gasteiger partial charge in [-0.1, -0.05) is 0 Å². The molecular formula is C24H50N14O5. The van der Waals surface area contributed by atoms with E-state index in [9.17, 15) is 24.3 Å². The van der Waals surface area contributed by atoms with Gasteiger partial charge in [-0.05, 0) is 64.3 Å². The summed E-state index contributed by atoms with van der Waals surface area (Å²) in [5, 5.41) is 17.3. The van der Waals surface area contributed by atoms with E-state index >= 15 is 0 Å². The van der Waals surface area contributed by atoms with Crippen molar-refractivity contribution < 1.29 is 24.3 Å². The third kappa shape index (κ3) is 19.4. The average molecular weight is 615 g/mol. The van der Waals surface area contributed by atoms with Crippen LogP contribution < -0.4 is 61.8 Å². The summed E-state index contributed by atoms with van der Waals surface area (Å²) in [6.45, 7) is 0.996. The topological polar surface area (TPSA) is 370 Å². The van der Waals surface area contributed by atoms with Crippen molar-refractivity contribution in [2.45, 2.75) is 82.0 Å². The third-order valence-electron chi connectivity index (χ3n) is 6.02. The number of hydrogen-bond acceptors (Lipinski definition) is 9. The van der Waals surface area contributed by atoms with E-state index in [1.165, 1.54) is 0 Å². The molecule has 4 atom stereocenters. The zero-order valence-electron chi connectivity index (χ0n) is 24.5. The maximum atomic E-state index is 13.3. The summed E-state index contributed by atoms with van der Waals surface area (Å²) < 4.78 is 0. The van der Waals surface area contributed by atoms with Crippen molar-refractivity contribution in [1.29, 1.82) is 0 Å². The zero-order valence-corrected chi connectivity index (χ0v) is 24.5. The third-order valence-corrected chi connectivity index (χ3v) is 6.02. The molecule has 0 aromatic carbocycles. The smallest absolute Gasteiger partial charge is 0.326 e. The van der Waals surface area contributed by atoms with E-state index in [4.69, 9.17) is 45.9 Å². The molecule has 19 heteroatoms. The lowest BCUT2D eigenvalue weighted by Gasteiger charge is -2.25. The van der Waals surface area contributed by atoms with Gasteiger partial charge in [0.05, 0.1) is 6.04 Å². The Labute approximate surface area is 251 Å². The molecule has 0 aliphatic carbocycles. The molecular weight excluding hydrogens is 564 g/mol. The van der Waals surface area contributed by atoms with Crippen LogP contribution in [-0.2, 0) is 19.2 Å². The molecule has 19 nitrogen and oxygen atoms in total. The molecule has 0 heterocycles. The molecule has 0 aliphatic heterocycles. The molecule has 0 spiro atoms. The number of carboxylic acids is 1. The summed E-state index contributed by atoms with van der Waals surface area (Å²) >= 11 is 0. The largest absolute Gasteiger partial charge is 0.480 e. The van der Waals surface area contributed by atoms with E-state index in [0.717, 1.165) is 0 Å². The van der Waals surface area contributed by atoms with Gasteiger partial charge in [0, 0.05) is 19.6 Å². The number of aliphatic carboxylic acids is 1. The van der Waals surface area contributed by atoms with Gasteiger partial charge in [-0.3, -0.25) is 29.4 Å². The minimum atomic E-state index is -1.26. The highest BCUT2D eigenvalue weighted by atomic mass is 16.4. The number of nitrogens with zero attached hydrogens (tertiary/aromatic N) is 3. The number of carbonyl (C=O) groups excluding carboxylic acids is 3. The van der Waals surface area contributed by atoms with Crippen LogP contribution in [0.25, 0.3) is 0 Å². The highest BCUT2D eigenvalue weighted by Crippen LogP contribution is 2.07. The molecule has 0 radical (unpaired) electrons. The first kappa shape index (κ1) is 38.6. The van der Waals surface area contributed by atoms with Gasteiger partial charge >= 0.3 is 5.97 Å². The van der Waals surface area contributed by atoms with Crippen LogP contribution >= 0.6 is 0 Å². The monoisotopic (exact) mass is 614 g/mol. The minimum Gasteiger partial charge on any atom is -0.480 e. The maximum Gasteiger partial charge on any atom is 0.326 e. The molecule has 0 saturated heterocycles. The fourth-order valence-corrected chi connectivity index (χ4v) is 3.77. The van der Waals surface area contributed by atoms with E-state index < -0.39 is 47.9 Å². The van der Waals surface area contributed by atoms with Crippen LogP contribution in [0.5, 0.6) is 0 Å². The molecule has 43 heavy (non-hydrogen) atoms. The van der Waals surface area contributed by atoms with Gasteiger partial charge < -0.3 is 66.9 Å². The first-order chi connectivity index (χ1) is 20.3. The SMILES string of the molecule is NCCCC[C@H](NC(=O)[C@H](CCCN=C(N)N)NC(=O)[C@@H](N)CCCN=C(N)N)C(=O)N[C@@H](CCCN=C(N)N)C(=O)O. The normalized spacial score (nSPS) is 13.3. The number of carbonyl (C=O) groups is 4. The Bertz CT molecular complexity index is 962. The number of carboxylic acid groups (broad SMARTS) is 1. The maximum absolute atomic E-state index is 13.3. The van der Waals surface area contributed by atoms with E-state index in [1.54, 1.807) is 0 Å². The first-order valence-corrected chi connectivity index (χ1v) is 14.0. The average Bonchev–Trinajstić information content (AvgIpc) is 2.92. The fraction of sp³-hybridized carbons (Fsp3) is 0.708. The molecule has 0 aromatic heterocycles. The quantitative estimate of drug-likeness (QED) is 0.0292. The summed E-state index contributed by atoms with van der Waals surface area (Å²) in [5.74, 6) is -3.58. The van der Waals surface area contributed by atoms with Crippen LogP contribution in [0.3, 0.4) is 0 Å². The molecule has 0 aromatic rings. The van der Waals surface area contributed by atoms with Crippen LogP contribution in [0.15, 0.2) is 15.0 Å². The van der Waals surface area contributed by atoms with Gasteiger partial charge in [-0.2, -0.15) is 0 Å². The van der Waals surface area contributed by atoms with Gasteiger partial charge in [-0.25, -0.2) is 4.79 Å². The van der Waals surface area contributed by atoms with Crippen LogP contribution in [0.4, 0.5) is 0 Å². The summed E-state index contributed by atoms with van der Waals surface area (Å²) in [5.41, 5.74) is 43.4. The fourth-order valence-electron chi connectivity index (χ4n) is 3.77. The van der Waals surface area contributed by atoms with Crippen molar-refractivity contribution >= 4 is 41.6 Å². The predicted octanol–water partition coefficient (Wildman–Crippen LogP) is -4.86. The van der Waals surface area contributed by atoms with Crippen molar-refractivity contribution in [3.8, 4) is 0 Å². The number of guanidine groups is 3. The number of nitrogens with two attached hydrogens (primary N) is 8. The minimum absolute atomic E-state index is 0.0475. The molecule has 0 unspecified atom stereocenters. The van der Waals surface area contributed by atoms with Gasteiger partial charge in [-0.15, -0.1) is 0 Å². The summed E-state index contributed by atoms with van der Waals surface area (Å²) in [7, 11) is 0. The van der Waals surface area contributed by atoms with Gasteiger partial charge in [0.25, 0.3) is 0 Å². The van der Waals surface area contributed by atoms with E-state index in [0.29, 0.717) is 32.2 Å². The number of rotatable bonds is 23. The Morgan fingerprint density at radius 1 is 0.558 bits per heavy atom. The molecule has 0 fully saturated rings. The van der Waals surface area contributed by atoms with E-state index in [-0.39, 0.29) is 69.6 Å². The Hall–Kier alpha value is -4.39. The summed E-state index contributed by atoms with van der Waals surface area (Å²) in [6, 6.07) is -4.40.